The Morgan fingerprint density at radius 1 is 1.14 bits per heavy atom. The summed E-state index contributed by atoms with van der Waals surface area (Å²) in [5, 5.41) is 2.91. The van der Waals surface area contributed by atoms with Gasteiger partial charge in [-0.25, -0.2) is 0 Å². The highest BCUT2D eigenvalue weighted by molar-refractivity contribution is 5.76. The van der Waals surface area contributed by atoms with Gasteiger partial charge in [-0.2, -0.15) is 0 Å². The third kappa shape index (κ3) is 4.98. The smallest absolute Gasteiger partial charge is 0.222 e. The van der Waals surface area contributed by atoms with Gasteiger partial charge in [-0.15, -0.1) is 0 Å². The van der Waals surface area contributed by atoms with Crippen molar-refractivity contribution in [3.8, 4) is 0 Å². The molecule has 0 saturated carbocycles. The van der Waals surface area contributed by atoms with E-state index in [-0.39, 0.29) is 18.4 Å². The summed E-state index contributed by atoms with van der Waals surface area (Å²) in [6.07, 6.45) is 0.280. The minimum Gasteiger partial charge on any atom is -0.380 e. The van der Waals surface area contributed by atoms with Crippen LogP contribution in [0.3, 0.4) is 0 Å². The van der Waals surface area contributed by atoms with Gasteiger partial charge in [0.05, 0.1) is 6.61 Å². The van der Waals surface area contributed by atoms with Crippen LogP contribution in [0.2, 0.25) is 0 Å². The van der Waals surface area contributed by atoms with Crippen LogP contribution in [0.1, 0.15) is 29.2 Å². The average Bonchev–Trinajstić information content (AvgIpc) is 2.54. The number of ether oxygens (including phenoxy) is 1. The lowest BCUT2D eigenvalue weighted by atomic mass is 10.0. The highest BCUT2D eigenvalue weighted by Gasteiger charge is 2.11. The average molecular weight is 298 g/mol. The molecule has 0 saturated heterocycles. The molecule has 3 N–H and O–H groups in total. The third-order valence-electron chi connectivity index (χ3n) is 3.43. The molecule has 2 aromatic carbocycles. The first-order chi connectivity index (χ1) is 10.7. The quantitative estimate of drug-likeness (QED) is 0.825. The van der Waals surface area contributed by atoms with Crippen molar-refractivity contribution >= 4 is 5.91 Å². The molecule has 4 heteroatoms. The summed E-state index contributed by atoms with van der Waals surface area (Å²) in [6, 6.07) is 17.4. The molecule has 1 unspecified atom stereocenters. The first-order valence-corrected chi connectivity index (χ1v) is 7.33. The van der Waals surface area contributed by atoms with E-state index in [4.69, 9.17) is 10.5 Å². The lowest BCUT2D eigenvalue weighted by Gasteiger charge is -2.12. The predicted molar refractivity (Wildman–Crippen MR) is 87.0 cm³/mol. The monoisotopic (exact) mass is 298 g/mol. The molecule has 2 aromatic rings. The highest BCUT2D eigenvalue weighted by Crippen LogP contribution is 2.13. The first-order valence-electron chi connectivity index (χ1n) is 7.33. The van der Waals surface area contributed by atoms with E-state index >= 15 is 0 Å². The Bertz CT molecular complexity index is 599. The molecule has 0 heterocycles. The fourth-order valence-corrected chi connectivity index (χ4v) is 2.29. The van der Waals surface area contributed by atoms with Crippen molar-refractivity contribution in [3.63, 3.8) is 0 Å². The molecule has 4 nitrogen and oxygen atoms in total. The fraction of sp³-hybridized carbons (Fsp3) is 0.278. The normalized spacial score (nSPS) is 11.9. The summed E-state index contributed by atoms with van der Waals surface area (Å²) in [6.45, 7) is 1.07. The molecule has 0 bridgehead atoms. The summed E-state index contributed by atoms with van der Waals surface area (Å²) >= 11 is 0. The number of hydrogen-bond acceptors (Lipinski definition) is 3. The Kier molecular flexibility index (Phi) is 6.13. The largest absolute Gasteiger partial charge is 0.380 e. The third-order valence-corrected chi connectivity index (χ3v) is 3.43. The van der Waals surface area contributed by atoms with Crippen LogP contribution in [-0.2, 0) is 22.7 Å². The van der Waals surface area contributed by atoms with E-state index in [1.54, 1.807) is 7.11 Å². The topological polar surface area (TPSA) is 64.3 Å². The Hall–Kier alpha value is -2.17. The number of carbonyl (C=O) groups excluding carboxylic acids is 1. The molecule has 0 radical (unpaired) electrons. The number of rotatable bonds is 7. The Morgan fingerprint density at radius 3 is 2.59 bits per heavy atom. The summed E-state index contributed by atoms with van der Waals surface area (Å²) < 4.78 is 5.11. The van der Waals surface area contributed by atoms with E-state index < -0.39 is 0 Å². The second kappa shape index (κ2) is 8.32. The van der Waals surface area contributed by atoms with Crippen molar-refractivity contribution in [3.05, 3.63) is 71.3 Å². The van der Waals surface area contributed by atoms with Gasteiger partial charge >= 0.3 is 0 Å². The minimum absolute atomic E-state index is 0.0477. The molecule has 1 atom stereocenters. The van der Waals surface area contributed by atoms with Crippen molar-refractivity contribution in [1.82, 2.24) is 5.32 Å². The van der Waals surface area contributed by atoms with Crippen LogP contribution in [0.4, 0.5) is 0 Å². The van der Waals surface area contributed by atoms with E-state index in [9.17, 15) is 4.79 Å². The molecule has 22 heavy (non-hydrogen) atoms. The van der Waals surface area contributed by atoms with Crippen LogP contribution in [0.25, 0.3) is 0 Å². The zero-order valence-corrected chi connectivity index (χ0v) is 12.8. The SMILES string of the molecule is COCc1cccc(CNC(=O)CC(N)c2ccccc2)c1. The van der Waals surface area contributed by atoms with Gasteiger partial charge in [-0.3, -0.25) is 4.79 Å². The van der Waals surface area contributed by atoms with E-state index in [1.807, 2.05) is 54.6 Å². The van der Waals surface area contributed by atoms with Crippen molar-refractivity contribution in [2.24, 2.45) is 5.73 Å². The first kappa shape index (κ1) is 16.2. The second-order valence-corrected chi connectivity index (χ2v) is 5.25. The number of methoxy groups -OCH3 is 1. The molecule has 116 valence electrons. The number of amides is 1. The second-order valence-electron chi connectivity index (χ2n) is 5.25. The lowest BCUT2D eigenvalue weighted by molar-refractivity contribution is -0.121. The number of carbonyl (C=O) groups is 1. The molecular formula is C18H22N2O2. The van der Waals surface area contributed by atoms with Crippen LogP contribution >= 0.6 is 0 Å². The van der Waals surface area contributed by atoms with E-state index in [2.05, 4.69) is 5.32 Å². The van der Waals surface area contributed by atoms with Gasteiger partial charge in [0, 0.05) is 26.1 Å². The molecule has 0 aliphatic heterocycles. The molecule has 0 fully saturated rings. The Morgan fingerprint density at radius 2 is 1.86 bits per heavy atom. The van der Waals surface area contributed by atoms with Crippen molar-refractivity contribution in [1.29, 1.82) is 0 Å². The zero-order chi connectivity index (χ0) is 15.8. The van der Waals surface area contributed by atoms with Gasteiger partial charge in [0.15, 0.2) is 0 Å². The summed E-state index contributed by atoms with van der Waals surface area (Å²) in [4.78, 5) is 12.0. The number of benzene rings is 2. The summed E-state index contributed by atoms with van der Waals surface area (Å²) in [7, 11) is 1.67. The van der Waals surface area contributed by atoms with Gasteiger partial charge in [0.1, 0.15) is 0 Å². The summed E-state index contributed by atoms with van der Waals surface area (Å²) in [5.41, 5.74) is 9.17. The van der Waals surface area contributed by atoms with E-state index in [0.29, 0.717) is 13.2 Å². The fourth-order valence-electron chi connectivity index (χ4n) is 2.29. The highest BCUT2D eigenvalue weighted by atomic mass is 16.5. The molecular weight excluding hydrogens is 276 g/mol. The van der Waals surface area contributed by atoms with Crippen molar-refractivity contribution in [2.45, 2.75) is 25.6 Å². The van der Waals surface area contributed by atoms with Gasteiger partial charge in [-0.05, 0) is 16.7 Å². The number of nitrogens with two attached hydrogens (primary N) is 1. The van der Waals surface area contributed by atoms with Crippen molar-refractivity contribution in [2.75, 3.05) is 7.11 Å². The van der Waals surface area contributed by atoms with E-state index in [1.165, 1.54) is 0 Å². The zero-order valence-electron chi connectivity index (χ0n) is 12.8. The molecule has 1 amide bonds. The van der Waals surface area contributed by atoms with Crippen LogP contribution in [0.5, 0.6) is 0 Å². The van der Waals surface area contributed by atoms with Gasteiger partial charge in [0.25, 0.3) is 0 Å². The van der Waals surface area contributed by atoms with Crippen molar-refractivity contribution < 1.29 is 9.53 Å². The Balaban J connectivity index is 1.84. The predicted octanol–water partition coefficient (Wildman–Crippen LogP) is 2.54. The molecule has 0 aliphatic rings. The van der Waals surface area contributed by atoms with E-state index in [0.717, 1.165) is 16.7 Å². The van der Waals surface area contributed by atoms with Gasteiger partial charge in [-0.1, -0.05) is 54.6 Å². The van der Waals surface area contributed by atoms with Gasteiger partial charge < -0.3 is 15.8 Å². The standard InChI is InChI=1S/C18H22N2O2/c1-22-13-15-7-5-6-14(10-15)12-20-18(21)11-17(19)16-8-3-2-4-9-16/h2-10,17H,11-13,19H2,1H3,(H,20,21). The Labute approximate surface area is 131 Å². The maximum absolute atomic E-state index is 12.0. The summed E-state index contributed by atoms with van der Waals surface area (Å²) in [5.74, 6) is -0.0477. The van der Waals surface area contributed by atoms with Crippen LogP contribution in [-0.4, -0.2) is 13.0 Å². The molecule has 0 spiro atoms. The number of hydrogen-bond donors (Lipinski definition) is 2. The maximum atomic E-state index is 12.0. The molecule has 0 aliphatic carbocycles. The minimum atomic E-state index is -0.277. The lowest BCUT2D eigenvalue weighted by Crippen LogP contribution is -2.27. The van der Waals surface area contributed by atoms with Crippen LogP contribution in [0.15, 0.2) is 54.6 Å². The number of nitrogens with one attached hydrogen (secondary N) is 1. The molecule has 0 aromatic heterocycles. The van der Waals surface area contributed by atoms with Crippen LogP contribution < -0.4 is 11.1 Å². The molecule has 2 rings (SSSR count). The van der Waals surface area contributed by atoms with Gasteiger partial charge in [0.2, 0.25) is 5.91 Å². The van der Waals surface area contributed by atoms with Crippen LogP contribution in [0, 0.1) is 0 Å². The maximum Gasteiger partial charge on any atom is 0.222 e.